The standard InChI is InChI=1S/C16H18BrN3O3/c17-12-3-1-10(2-4-12)11-5-7-20(8-6-11)14(21)9-13-15(22)19-16(23)18-13/h1-4,11,22H,5-9H2,(H2,18,19,23). The van der Waals surface area contributed by atoms with Crippen LogP contribution in [0.2, 0.25) is 0 Å². The average molecular weight is 380 g/mol. The number of likely N-dealkylation sites (tertiary alicyclic amines) is 1. The van der Waals surface area contributed by atoms with Gasteiger partial charge in [-0.1, -0.05) is 28.1 Å². The summed E-state index contributed by atoms with van der Waals surface area (Å²) < 4.78 is 1.06. The topological polar surface area (TPSA) is 89.2 Å². The molecule has 1 saturated heterocycles. The van der Waals surface area contributed by atoms with Crippen LogP contribution in [0.3, 0.4) is 0 Å². The number of hydrogen-bond donors (Lipinski definition) is 3. The molecule has 6 nitrogen and oxygen atoms in total. The summed E-state index contributed by atoms with van der Waals surface area (Å²) in [4.78, 5) is 29.8. The zero-order valence-corrected chi connectivity index (χ0v) is 14.1. The summed E-state index contributed by atoms with van der Waals surface area (Å²) >= 11 is 3.44. The van der Waals surface area contributed by atoms with Crippen LogP contribution in [0.5, 0.6) is 5.88 Å². The van der Waals surface area contributed by atoms with E-state index < -0.39 is 5.69 Å². The highest BCUT2D eigenvalue weighted by Crippen LogP contribution is 2.29. The van der Waals surface area contributed by atoms with Crippen molar-refractivity contribution in [2.24, 2.45) is 0 Å². The lowest BCUT2D eigenvalue weighted by molar-refractivity contribution is -0.131. The van der Waals surface area contributed by atoms with E-state index in [1.54, 1.807) is 4.90 Å². The Kier molecular flexibility index (Phi) is 4.56. The molecule has 2 aromatic rings. The van der Waals surface area contributed by atoms with Crippen molar-refractivity contribution in [1.29, 1.82) is 0 Å². The van der Waals surface area contributed by atoms with Crippen LogP contribution >= 0.6 is 15.9 Å². The Morgan fingerprint density at radius 3 is 2.43 bits per heavy atom. The first-order valence-electron chi connectivity index (χ1n) is 7.56. The van der Waals surface area contributed by atoms with Gasteiger partial charge in [0.1, 0.15) is 0 Å². The summed E-state index contributed by atoms with van der Waals surface area (Å²) in [5, 5.41) is 9.53. The van der Waals surface area contributed by atoms with Crippen molar-refractivity contribution in [3.05, 3.63) is 50.5 Å². The van der Waals surface area contributed by atoms with Crippen LogP contribution in [0, 0.1) is 0 Å². The highest BCUT2D eigenvalue weighted by molar-refractivity contribution is 9.10. The molecule has 1 aliphatic rings. The minimum atomic E-state index is -0.501. The first-order chi connectivity index (χ1) is 11.0. The molecule has 0 atom stereocenters. The normalized spacial score (nSPS) is 15.8. The Morgan fingerprint density at radius 2 is 1.87 bits per heavy atom. The van der Waals surface area contributed by atoms with E-state index in [1.807, 2.05) is 12.1 Å². The molecule has 0 radical (unpaired) electrons. The number of piperidine rings is 1. The number of aromatic nitrogens is 2. The van der Waals surface area contributed by atoms with E-state index in [9.17, 15) is 14.7 Å². The second-order valence-electron chi connectivity index (χ2n) is 5.79. The van der Waals surface area contributed by atoms with Crippen molar-refractivity contribution in [1.82, 2.24) is 14.9 Å². The molecule has 3 rings (SSSR count). The van der Waals surface area contributed by atoms with Gasteiger partial charge in [0.2, 0.25) is 11.8 Å². The molecule has 122 valence electrons. The van der Waals surface area contributed by atoms with Gasteiger partial charge in [0, 0.05) is 17.6 Å². The van der Waals surface area contributed by atoms with Gasteiger partial charge in [-0.15, -0.1) is 0 Å². The molecule has 1 aliphatic heterocycles. The maximum Gasteiger partial charge on any atom is 0.325 e. The molecule has 23 heavy (non-hydrogen) atoms. The number of benzene rings is 1. The summed E-state index contributed by atoms with van der Waals surface area (Å²) in [6.45, 7) is 1.38. The number of aromatic hydroxyl groups is 1. The van der Waals surface area contributed by atoms with E-state index in [0.29, 0.717) is 19.0 Å². The van der Waals surface area contributed by atoms with Gasteiger partial charge in [0.25, 0.3) is 0 Å². The van der Waals surface area contributed by atoms with Gasteiger partial charge in [0.05, 0.1) is 12.1 Å². The summed E-state index contributed by atoms with van der Waals surface area (Å²) in [6, 6.07) is 8.32. The van der Waals surface area contributed by atoms with Gasteiger partial charge >= 0.3 is 5.69 Å². The van der Waals surface area contributed by atoms with Crippen molar-refractivity contribution in [2.45, 2.75) is 25.2 Å². The van der Waals surface area contributed by atoms with Gasteiger partial charge in [-0.05, 0) is 36.5 Å². The van der Waals surface area contributed by atoms with E-state index in [2.05, 4.69) is 38.0 Å². The zero-order chi connectivity index (χ0) is 16.4. The van der Waals surface area contributed by atoms with Crippen LogP contribution in [-0.2, 0) is 11.2 Å². The SMILES string of the molecule is O=C(Cc1[nH]c(=O)[nH]c1O)N1CCC(c2ccc(Br)cc2)CC1. The summed E-state index contributed by atoms with van der Waals surface area (Å²) in [5.41, 5.74) is 1.04. The number of imidazole rings is 1. The number of nitrogens with one attached hydrogen (secondary N) is 2. The Labute approximate surface area is 141 Å². The zero-order valence-electron chi connectivity index (χ0n) is 12.5. The van der Waals surface area contributed by atoms with Crippen LogP contribution in [0.25, 0.3) is 0 Å². The van der Waals surface area contributed by atoms with Gasteiger partial charge < -0.3 is 15.0 Å². The van der Waals surface area contributed by atoms with Gasteiger partial charge in [-0.25, -0.2) is 4.79 Å². The molecule has 3 N–H and O–H groups in total. The largest absolute Gasteiger partial charge is 0.493 e. The van der Waals surface area contributed by atoms with Crippen molar-refractivity contribution in [3.8, 4) is 5.88 Å². The second kappa shape index (κ2) is 6.62. The number of H-pyrrole nitrogens is 2. The molecule has 1 fully saturated rings. The first kappa shape index (κ1) is 15.9. The van der Waals surface area contributed by atoms with Crippen molar-refractivity contribution in [2.75, 3.05) is 13.1 Å². The van der Waals surface area contributed by atoms with E-state index >= 15 is 0 Å². The van der Waals surface area contributed by atoms with E-state index in [4.69, 9.17) is 0 Å². The lowest BCUT2D eigenvalue weighted by Gasteiger charge is -2.32. The minimum absolute atomic E-state index is 0.00746. The summed E-state index contributed by atoms with van der Waals surface area (Å²) in [7, 11) is 0. The predicted octanol–water partition coefficient (Wildman–Crippen LogP) is 2.12. The number of halogens is 1. The average Bonchev–Trinajstić information content (AvgIpc) is 2.86. The third kappa shape index (κ3) is 3.67. The maximum atomic E-state index is 12.3. The Bertz CT molecular complexity index is 743. The fraction of sp³-hybridized carbons (Fsp3) is 0.375. The Hall–Kier alpha value is -2.02. The monoisotopic (exact) mass is 379 g/mol. The number of amides is 1. The lowest BCUT2D eigenvalue weighted by Crippen LogP contribution is -2.38. The van der Waals surface area contributed by atoms with Gasteiger partial charge in [-0.2, -0.15) is 0 Å². The molecule has 7 heteroatoms. The van der Waals surface area contributed by atoms with E-state index in [0.717, 1.165) is 17.3 Å². The van der Waals surface area contributed by atoms with Crippen LogP contribution in [0.1, 0.15) is 30.0 Å². The highest BCUT2D eigenvalue weighted by Gasteiger charge is 2.24. The molecule has 1 aromatic heterocycles. The molecule has 0 unspecified atom stereocenters. The Balaban J connectivity index is 1.58. The number of nitrogens with zero attached hydrogens (tertiary/aromatic N) is 1. The quantitative estimate of drug-likeness (QED) is 0.762. The van der Waals surface area contributed by atoms with Crippen LogP contribution in [0.4, 0.5) is 0 Å². The summed E-state index contributed by atoms with van der Waals surface area (Å²) in [5.74, 6) is 0.130. The smallest absolute Gasteiger partial charge is 0.325 e. The fourth-order valence-electron chi connectivity index (χ4n) is 3.00. The summed E-state index contributed by atoms with van der Waals surface area (Å²) in [6.07, 6.45) is 1.85. The molecule has 0 aliphatic carbocycles. The molecule has 0 bridgehead atoms. The predicted molar refractivity (Wildman–Crippen MR) is 89.5 cm³/mol. The molecule has 0 spiro atoms. The second-order valence-corrected chi connectivity index (χ2v) is 6.71. The molecule has 2 heterocycles. The molecule has 1 aromatic carbocycles. The molecule has 0 saturated carbocycles. The Morgan fingerprint density at radius 1 is 1.22 bits per heavy atom. The van der Waals surface area contributed by atoms with Crippen LogP contribution < -0.4 is 5.69 Å². The molecular weight excluding hydrogens is 362 g/mol. The lowest BCUT2D eigenvalue weighted by atomic mass is 9.89. The van der Waals surface area contributed by atoms with Crippen LogP contribution in [-0.4, -0.2) is 39.0 Å². The van der Waals surface area contributed by atoms with Gasteiger partial charge in [-0.3, -0.25) is 9.78 Å². The molecule has 1 amide bonds. The third-order valence-corrected chi connectivity index (χ3v) is 4.83. The number of carbonyl (C=O) groups is 1. The molecular formula is C16H18BrN3O3. The van der Waals surface area contributed by atoms with Gasteiger partial charge in [0.15, 0.2) is 0 Å². The maximum absolute atomic E-state index is 12.3. The third-order valence-electron chi connectivity index (χ3n) is 4.30. The van der Waals surface area contributed by atoms with Crippen LogP contribution in [0.15, 0.2) is 33.5 Å². The van der Waals surface area contributed by atoms with Crippen molar-refractivity contribution >= 4 is 21.8 Å². The number of aromatic amines is 2. The minimum Gasteiger partial charge on any atom is -0.493 e. The van der Waals surface area contributed by atoms with E-state index in [1.165, 1.54) is 5.56 Å². The van der Waals surface area contributed by atoms with E-state index in [-0.39, 0.29) is 23.9 Å². The number of carbonyl (C=O) groups excluding carboxylic acids is 1. The highest BCUT2D eigenvalue weighted by atomic mass is 79.9. The van der Waals surface area contributed by atoms with Crippen molar-refractivity contribution < 1.29 is 9.90 Å². The number of rotatable bonds is 3. The fourth-order valence-corrected chi connectivity index (χ4v) is 3.26. The first-order valence-corrected chi connectivity index (χ1v) is 8.35. The van der Waals surface area contributed by atoms with Crippen molar-refractivity contribution in [3.63, 3.8) is 0 Å². The number of hydrogen-bond acceptors (Lipinski definition) is 3.